The number of esters is 1. The molecule has 1 N–H and O–H groups in total. The van der Waals surface area contributed by atoms with Crippen molar-refractivity contribution in [3.05, 3.63) is 72.6 Å². The molecule has 4 aromatic rings. The molecule has 0 radical (unpaired) electrons. The third kappa shape index (κ3) is 4.17. The van der Waals surface area contributed by atoms with Gasteiger partial charge in [0.15, 0.2) is 0 Å². The van der Waals surface area contributed by atoms with E-state index < -0.39 is 5.97 Å². The Morgan fingerprint density at radius 1 is 0.867 bits per heavy atom. The molecule has 0 aromatic carbocycles. The Hall–Kier alpha value is -4.08. The van der Waals surface area contributed by atoms with Gasteiger partial charge in [-0.2, -0.15) is 10.2 Å². The number of ether oxygens (including phenoxy) is 1. The lowest BCUT2D eigenvalue weighted by Gasteiger charge is -2.06. The van der Waals surface area contributed by atoms with Crippen molar-refractivity contribution in [1.29, 1.82) is 0 Å². The van der Waals surface area contributed by atoms with Gasteiger partial charge in [-0.05, 0) is 31.2 Å². The lowest BCUT2D eigenvalue weighted by molar-refractivity contribution is 0.0525. The van der Waals surface area contributed by atoms with Gasteiger partial charge in [-0.15, -0.1) is 0 Å². The van der Waals surface area contributed by atoms with Gasteiger partial charge in [0.25, 0.3) is 0 Å². The second-order valence-electron chi connectivity index (χ2n) is 6.22. The summed E-state index contributed by atoms with van der Waals surface area (Å²) in [5, 5.41) is 16.9. The lowest BCUT2D eigenvalue weighted by atomic mass is 10.3. The number of carbonyl (C=O) groups is 2. The Labute approximate surface area is 172 Å². The van der Waals surface area contributed by atoms with Gasteiger partial charge in [-0.3, -0.25) is 9.36 Å². The molecule has 0 aliphatic carbocycles. The van der Waals surface area contributed by atoms with E-state index in [1.165, 1.54) is 17.1 Å². The Balaban J connectivity index is 0.000000172. The van der Waals surface area contributed by atoms with E-state index in [0.717, 1.165) is 0 Å². The molecule has 0 fully saturated rings. The zero-order valence-corrected chi connectivity index (χ0v) is 16.8. The minimum atomic E-state index is -0.971. The quantitative estimate of drug-likeness (QED) is 0.506. The first-order valence-corrected chi connectivity index (χ1v) is 9.15. The summed E-state index contributed by atoms with van der Waals surface area (Å²) in [7, 11) is 3.50. The number of nitrogens with zero attached hydrogens (tertiary/aromatic N) is 6. The van der Waals surface area contributed by atoms with E-state index in [-0.39, 0.29) is 11.5 Å². The number of aromatic carboxylic acids is 1. The molecule has 0 saturated heterocycles. The van der Waals surface area contributed by atoms with Crippen molar-refractivity contribution in [2.45, 2.75) is 6.92 Å². The average Bonchev–Trinajstić information content (AvgIpc) is 3.49. The van der Waals surface area contributed by atoms with E-state index in [2.05, 4.69) is 10.2 Å². The maximum Gasteiger partial charge on any atom is 0.343 e. The molecule has 0 unspecified atom stereocenters. The van der Waals surface area contributed by atoms with E-state index in [4.69, 9.17) is 9.84 Å². The molecule has 0 atom stereocenters. The fraction of sp³-hybridized carbons (Fsp3) is 0.200. The van der Waals surface area contributed by atoms with Crippen LogP contribution in [0.15, 0.2) is 61.4 Å². The highest BCUT2D eigenvalue weighted by Crippen LogP contribution is 2.15. The standard InChI is InChI=1S/C11H13N3O2.C9H9N3O2/c1-3-16-11(15)9-8-12-13(2)10(9)14-6-4-5-7-14;1-11-8(12-4-2-3-5-12)7(6-10-11)9(13)14/h4-8H,3H2,1-2H3;2-6H,1H3,(H,13,14). The molecular formula is C20H22N6O4. The second kappa shape index (κ2) is 8.95. The summed E-state index contributed by atoms with van der Waals surface area (Å²) < 4.78 is 11.7. The zero-order valence-electron chi connectivity index (χ0n) is 16.8. The first kappa shape index (κ1) is 20.6. The van der Waals surface area contributed by atoms with Crippen molar-refractivity contribution in [2.24, 2.45) is 14.1 Å². The molecule has 0 saturated carbocycles. The van der Waals surface area contributed by atoms with Gasteiger partial charge in [0.2, 0.25) is 0 Å². The Bertz CT molecular complexity index is 1120. The third-order valence-electron chi connectivity index (χ3n) is 4.24. The number of hydrogen-bond acceptors (Lipinski definition) is 5. The maximum absolute atomic E-state index is 11.7. The second-order valence-corrected chi connectivity index (χ2v) is 6.22. The van der Waals surface area contributed by atoms with E-state index in [0.29, 0.717) is 23.8 Å². The molecule has 0 bridgehead atoms. The number of rotatable bonds is 5. The molecule has 0 amide bonds. The summed E-state index contributed by atoms with van der Waals surface area (Å²) >= 11 is 0. The van der Waals surface area contributed by atoms with E-state index in [1.54, 1.807) is 42.7 Å². The molecule has 10 heteroatoms. The van der Waals surface area contributed by atoms with E-state index in [9.17, 15) is 9.59 Å². The van der Waals surface area contributed by atoms with Gasteiger partial charge in [0, 0.05) is 38.9 Å². The number of aryl methyl sites for hydroxylation is 2. The number of carboxylic acids is 1. The molecular weight excluding hydrogens is 388 g/mol. The van der Waals surface area contributed by atoms with Crippen molar-refractivity contribution in [3.63, 3.8) is 0 Å². The monoisotopic (exact) mass is 410 g/mol. The molecule has 10 nitrogen and oxygen atoms in total. The van der Waals surface area contributed by atoms with Gasteiger partial charge in [0.05, 0.1) is 19.0 Å². The highest BCUT2D eigenvalue weighted by atomic mass is 16.5. The first-order chi connectivity index (χ1) is 14.4. The number of carboxylic acid groups (broad SMARTS) is 1. The van der Waals surface area contributed by atoms with Crippen LogP contribution in [0.2, 0.25) is 0 Å². The number of aromatic nitrogens is 6. The summed E-state index contributed by atoms with van der Waals surface area (Å²) in [5.41, 5.74) is 0.671. The fourth-order valence-electron chi connectivity index (χ4n) is 2.93. The SMILES string of the molecule is CCOC(=O)c1cnn(C)c1-n1cccc1.Cn1ncc(C(=O)O)c1-n1cccc1. The summed E-state index contributed by atoms with van der Waals surface area (Å²) in [6.45, 7) is 2.14. The van der Waals surface area contributed by atoms with Crippen molar-refractivity contribution in [1.82, 2.24) is 28.7 Å². The molecule has 4 rings (SSSR count). The van der Waals surface area contributed by atoms with Crippen LogP contribution in [0.3, 0.4) is 0 Å². The molecule has 156 valence electrons. The van der Waals surface area contributed by atoms with Gasteiger partial charge in [-0.1, -0.05) is 0 Å². The molecule has 0 aliphatic rings. The minimum Gasteiger partial charge on any atom is -0.477 e. The predicted octanol–water partition coefficient (Wildman–Crippen LogP) is 2.30. The van der Waals surface area contributed by atoms with Crippen LogP contribution in [0, 0.1) is 0 Å². The topological polar surface area (TPSA) is 109 Å². The van der Waals surface area contributed by atoms with Gasteiger partial charge in [-0.25, -0.2) is 9.59 Å². The highest BCUT2D eigenvalue weighted by Gasteiger charge is 2.18. The average molecular weight is 410 g/mol. The zero-order chi connectivity index (χ0) is 21.7. The van der Waals surface area contributed by atoms with Crippen LogP contribution in [0.1, 0.15) is 27.6 Å². The maximum atomic E-state index is 11.7. The van der Waals surface area contributed by atoms with Crippen molar-refractivity contribution in [3.8, 4) is 11.6 Å². The summed E-state index contributed by atoms with van der Waals surface area (Å²) in [6, 6.07) is 7.45. The van der Waals surface area contributed by atoms with Gasteiger partial charge >= 0.3 is 11.9 Å². The van der Waals surface area contributed by atoms with Crippen LogP contribution in [0.4, 0.5) is 0 Å². The van der Waals surface area contributed by atoms with Crippen LogP contribution in [0.25, 0.3) is 11.6 Å². The lowest BCUT2D eigenvalue weighted by Crippen LogP contribution is -2.09. The van der Waals surface area contributed by atoms with Crippen LogP contribution in [-0.2, 0) is 18.8 Å². The summed E-state index contributed by atoms with van der Waals surface area (Å²) in [4.78, 5) is 22.5. The Morgan fingerprint density at radius 2 is 1.30 bits per heavy atom. The largest absolute Gasteiger partial charge is 0.477 e. The molecule has 4 heterocycles. The predicted molar refractivity (Wildman–Crippen MR) is 108 cm³/mol. The van der Waals surface area contributed by atoms with E-state index in [1.807, 2.05) is 41.2 Å². The molecule has 30 heavy (non-hydrogen) atoms. The van der Waals surface area contributed by atoms with Crippen LogP contribution in [0.5, 0.6) is 0 Å². The van der Waals surface area contributed by atoms with E-state index >= 15 is 0 Å². The summed E-state index contributed by atoms with van der Waals surface area (Å²) in [6.07, 6.45) is 10.2. The Kier molecular flexibility index (Phi) is 6.16. The fourth-order valence-corrected chi connectivity index (χ4v) is 2.93. The Morgan fingerprint density at radius 3 is 1.73 bits per heavy atom. The number of hydrogen-bond donors (Lipinski definition) is 1. The number of carbonyl (C=O) groups excluding carboxylic acids is 1. The minimum absolute atomic E-state index is 0.198. The third-order valence-corrected chi connectivity index (χ3v) is 4.24. The van der Waals surface area contributed by atoms with Gasteiger partial charge in [0.1, 0.15) is 22.8 Å². The normalized spacial score (nSPS) is 10.4. The van der Waals surface area contributed by atoms with Crippen molar-refractivity contribution < 1.29 is 19.4 Å². The van der Waals surface area contributed by atoms with Crippen LogP contribution < -0.4 is 0 Å². The molecule has 0 aliphatic heterocycles. The van der Waals surface area contributed by atoms with Crippen LogP contribution >= 0.6 is 0 Å². The van der Waals surface area contributed by atoms with Crippen LogP contribution in [-0.4, -0.2) is 52.3 Å². The smallest absolute Gasteiger partial charge is 0.343 e. The summed E-state index contributed by atoms with van der Waals surface area (Å²) in [5.74, 6) is -0.0490. The van der Waals surface area contributed by atoms with Gasteiger partial charge < -0.3 is 19.0 Å². The first-order valence-electron chi connectivity index (χ1n) is 9.15. The molecule has 4 aromatic heterocycles. The highest BCUT2D eigenvalue weighted by molar-refractivity contribution is 5.92. The van der Waals surface area contributed by atoms with Crippen molar-refractivity contribution >= 4 is 11.9 Å². The van der Waals surface area contributed by atoms with Crippen molar-refractivity contribution in [2.75, 3.05) is 6.61 Å². The molecule has 0 spiro atoms.